The van der Waals surface area contributed by atoms with E-state index in [4.69, 9.17) is 47.4 Å². The van der Waals surface area contributed by atoms with E-state index in [2.05, 4.69) is 20.8 Å². The van der Waals surface area contributed by atoms with Crippen molar-refractivity contribution in [3.8, 4) is 11.5 Å². The van der Waals surface area contributed by atoms with Gasteiger partial charge in [0.15, 0.2) is 0 Å². The summed E-state index contributed by atoms with van der Waals surface area (Å²) in [6.07, 6.45) is 0.731. The van der Waals surface area contributed by atoms with Gasteiger partial charge in [-0.25, -0.2) is 0 Å². The van der Waals surface area contributed by atoms with Crippen LogP contribution >= 0.6 is 33.2 Å². The second-order valence-corrected chi connectivity index (χ2v) is 16.2. The van der Waals surface area contributed by atoms with Crippen molar-refractivity contribution in [3.05, 3.63) is 23.8 Å². The van der Waals surface area contributed by atoms with E-state index in [9.17, 15) is 0 Å². The number of hydrogen-bond acceptors (Lipinski definition) is 3. The molecule has 0 saturated carbocycles. The monoisotopic (exact) mass is 396 g/mol. The van der Waals surface area contributed by atoms with Crippen molar-refractivity contribution >= 4 is 39.2 Å². The Morgan fingerprint density at radius 3 is 2.57 bits per heavy atom. The van der Waals surface area contributed by atoms with Gasteiger partial charge in [-0.2, -0.15) is 0 Å². The van der Waals surface area contributed by atoms with Crippen LogP contribution in [0.2, 0.25) is 6.04 Å². The zero-order chi connectivity index (χ0) is 17.3. The molecule has 1 heterocycles. The Hall–Kier alpha value is -0.133. The minimum Gasteiger partial charge on any atom is -0.494 e. The number of halogens is 3. The first-order chi connectivity index (χ1) is 10.5. The summed E-state index contributed by atoms with van der Waals surface area (Å²) in [6.45, 7) is 9.31. The van der Waals surface area contributed by atoms with Crippen LogP contribution in [0.15, 0.2) is 18.2 Å². The van der Waals surface area contributed by atoms with Crippen LogP contribution in [0.25, 0.3) is 0 Å². The lowest BCUT2D eigenvalue weighted by Gasteiger charge is -2.44. The molecular weight excluding hydrogens is 375 g/mol. The van der Waals surface area contributed by atoms with Crippen molar-refractivity contribution in [2.75, 3.05) is 6.61 Å². The van der Waals surface area contributed by atoms with Crippen molar-refractivity contribution in [2.24, 2.45) is 5.41 Å². The molecule has 1 unspecified atom stereocenters. The predicted octanol–water partition coefficient (Wildman–Crippen LogP) is 5.78. The lowest BCUT2D eigenvalue weighted by atomic mass is 9.86. The molecule has 3 nitrogen and oxygen atoms in total. The van der Waals surface area contributed by atoms with Gasteiger partial charge in [0.2, 0.25) is 5.79 Å². The Labute approximate surface area is 153 Å². The van der Waals surface area contributed by atoms with E-state index in [1.807, 2.05) is 25.1 Å². The SMILES string of the molecule is CC(C)(C)C1(C)OCc2cc(OCCC[Si](Cl)(Cl)Cl)ccc2O1. The molecule has 130 valence electrons. The van der Waals surface area contributed by atoms with Crippen LogP contribution in [0, 0.1) is 5.41 Å². The smallest absolute Gasteiger partial charge is 0.341 e. The molecule has 0 N–H and O–H groups in total. The maximum absolute atomic E-state index is 6.08. The lowest BCUT2D eigenvalue weighted by molar-refractivity contribution is -0.249. The van der Waals surface area contributed by atoms with Crippen molar-refractivity contribution in [3.63, 3.8) is 0 Å². The highest BCUT2D eigenvalue weighted by atomic mass is 35.8. The molecule has 0 aliphatic carbocycles. The summed E-state index contributed by atoms with van der Waals surface area (Å²) in [5.41, 5.74) is 0.862. The van der Waals surface area contributed by atoms with Gasteiger partial charge in [-0.05, 0) is 30.7 Å². The fourth-order valence-corrected chi connectivity index (χ4v) is 3.89. The quantitative estimate of drug-likeness (QED) is 0.358. The summed E-state index contributed by atoms with van der Waals surface area (Å²) in [6, 6.07) is 3.82. The van der Waals surface area contributed by atoms with Crippen LogP contribution in [-0.2, 0) is 11.3 Å². The molecule has 23 heavy (non-hydrogen) atoms. The average Bonchev–Trinajstić information content (AvgIpc) is 2.41. The molecule has 7 heteroatoms. The molecule has 0 amide bonds. The van der Waals surface area contributed by atoms with Crippen molar-refractivity contribution in [1.82, 2.24) is 0 Å². The van der Waals surface area contributed by atoms with Gasteiger partial charge in [-0.1, -0.05) is 20.8 Å². The first kappa shape index (κ1) is 19.2. The molecule has 0 aromatic heterocycles. The molecule has 0 fully saturated rings. The van der Waals surface area contributed by atoms with E-state index < -0.39 is 11.8 Å². The van der Waals surface area contributed by atoms with Crippen LogP contribution in [0.5, 0.6) is 11.5 Å². The standard InChI is InChI=1S/C16H23Cl3O3Si/c1-15(2,3)16(4)21-11-12-10-13(6-7-14(12)22-16)20-8-5-9-23(17,18)19/h6-7,10H,5,8-9,11H2,1-4H3. The molecule has 1 aliphatic heterocycles. The molecule has 0 spiro atoms. The maximum atomic E-state index is 6.08. The molecule has 2 rings (SSSR count). The highest BCUT2D eigenvalue weighted by molar-refractivity contribution is 7.64. The summed E-state index contributed by atoms with van der Waals surface area (Å²) in [5.74, 6) is 0.980. The first-order valence-electron chi connectivity index (χ1n) is 7.66. The largest absolute Gasteiger partial charge is 0.494 e. The minimum atomic E-state index is -2.56. The Kier molecular flexibility index (Phi) is 5.85. The average molecular weight is 398 g/mol. The van der Waals surface area contributed by atoms with Gasteiger partial charge in [0.1, 0.15) is 11.5 Å². The second-order valence-electron chi connectivity index (χ2n) is 6.92. The summed E-state index contributed by atoms with van der Waals surface area (Å²) < 4.78 is 17.8. The van der Waals surface area contributed by atoms with Gasteiger partial charge < -0.3 is 14.2 Å². The highest BCUT2D eigenvalue weighted by Gasteiger charge is 2.43. The number of ether oxygens (including phenoxy) is 3. The van der Waals surface area contributed by atoms with Crippen LogP contribution in [0.1, 0.15) is 39.7 Å². The van der Waals surface area contributed by atoms with Gasteiger partial charge in [-0.15, -0.1) is 33.2 Å². The number of fused-ring (bicyclic) bond motifs is 1. The van der Waals surface area contributed by atoms with Crippen LogP contribution in [0.4, 0.5) is 0 Å². The third-order valence-corrected chi connectivity index (χ3v) is 6.70. The third-order valence-electron chi connectivity index (χ3n) is 4.08. The first-order valence-corrected chi connectivity index (χ1v) is 12.9. The van der Waals surface area contributed by atoms with Crippen molar-refractivity contribution < 1.29 is 14.2 Å². The van der Waals surface area contributed by atoms with E-state index in [1.165, 1.54) is 0 Å². The van der Waals surface area contributed by atoms with Crippen LogP contribution < -0.4 is 9.47 Å². The Balaban J connectivity index is 1.97. The van der Waals surface area contributed by atoms with E-state index in [-0.39, 0.29) is 5.41 Å². The molecular formula is C16H23Cl3O3Si. The number of benzene rings is 1. The third kappa shape index (κ3) is 5.17. The van der Waals surface area contributed by atoms with Crippen molar-refractivity contribution in [1.29, 1.82) is 0 Å². The molecule has 0 radical (unpaired) electrons. The predicted molar refractivity (Wildman–Crippen MR) is 98.0 cm³/mol. The van der Waals surface area contributed by atoms with Crippen LogP contribution in [0.3, 0.4) is 0 Å². The zero-order valence-electron chi connectivity index (χ0n) is 13.9. The summed E-state index contributed by atoms with van der Waals surface area (Å²) in [5, 5.41) is 0. The molecule has 0 saturated heterocycles. The highest BCUT2D eigenvalue weighted by Crippen LogP contribution is 2.42. The fourth-order valence-electron chi connectivity index (χ4n) is 2.14. The zero-order valence-corrected chi connectivity index (χ0v) is 17.2. The molecule has 1 aliphatic rings. The van der Waals surface area contributed by atoms with E-state index in [1.54, 1.807) is 0 Å². The van der Waals surface area contributed by atoms with Gasteiger partial charge >= 0.3 is 6.00 Å². The Morgan fingerprint density at radius 2 is 1.96 bits per heavy atom. The Morgan fingerprint density at radius 1 is 1.26 bits per heavy atom. The van der Waals surface area contributed by atoms with E-state index in [0.29, 0.717) is 19.3 Å². The van der Waals surface area contributed by atoms with Gasteiger partial charge in [0, 0.05) is 17.9 Å². The van der Waals surface area contributed by atoms with Gasteiger partial charge in [0.05, 0.1) is 13.2 Å². The van der Waals surface area contributed by atoms with Gasteiger partial charge in [-0.3, -0.25) is 0 Å². The minimum absolute atomic E-state index is 0.124. The summed E-state index contributed by atoms with van der Waals surface area (Å²) in [4.78, 5) is 0. The molecule has 1 aromatic rings. The molecule has 0 bridgehead atoms. The van der Waals surface area contributed by atoms with E-state index in [0.717, 1.165) is 23.5 Å². The van der Waals surface area contributed by atoms with E-state index >= 15 is 0 Å². The normalized spacial score (nSPS) is 21.5. The van der Waals surface area contributed by atoms with Crippen LogP contribution in [-0.4, -0.2) is 18.4 Å². The molecule has 1 aromatic carbocycles. The van der Waals surface area contributed by atoms with Crippen molar-refractivity contribution in [2.45, 2.75) is 52.6 Å². The second kappa shape index (κ2) is 7.01. The van der Waals surface area contributed by atoms with Gasteiger partial charge in [0.25, 0.3) is 0 Å². The lowest BCUT2D eigenvalue weighted by Crippen LogP contribution is -2.49. The maximum Gasteiger partial charge on any atom is 0.341 e. The Bertz CT molecular complexity index is 554. The number of hydrogen-bond donors (Lipinski definition) is 0. The summed E-state index contributed by atoms with van der Waals surface area (Å²) >= 11 is 17.6. The molecule has 1 atom stereocenters. The topological polar surface area (TPSA) is 27.7 Å². The fraction of sp³-hybridized carbons (Fsp3) is 0.625. The summed E-state index contributed by atoms with van der Waals surface area (Å²) in [7, 11) is 0. The number of rotatable bonds is 5.